The molecule has 0 aliphatic carbocycles. The first kappa shape index (κ1) is 15.5. The lowest BCUT2D eigenvalue weighted by atomic mass is 10.1. The second-order valence-corrected chi connectivity index (χ2v) is 5.62. The number of amides is 2. The Morgan fingerprint density at radius 2 is 1.57 bits per heavy atom. The molecule has 1 N–H and O–H groups in total. The Morgan fingerprint density at radius 1 is 1.00 bits per heavy atom. The van der Waals surface area contributed by atoms with Crippen molar-refractivity contribution in [2.24, 2.45) is 0 Å². The van der Waals surface area contributed by atoms with Gasteiger partial charge in [0.25, 0.3) is 11.8 Å². The number of aliphatic hydroxyl groups is 1. The van der Waals surface area contributed by atoms with Crippen molar-refractivity contribution < 1.29 is 14.7 Å². The molecule has 116 valence electrons. The van der Waals surface area contributed by atoms with Gasteiger partial charge in [0, 0.05) is 5.02 Å². The van der Waals surface area contributed by atoms with Crippen LogP contribution in [0.2, 0.25) is 5.02 Å². The fourth-order valence-corrected chi connectivity index (χ4v) is 2.66. The SMILES string of the molecule is O=C1c2ccccc2C(=O)N1[C@H](/C=C/c1ccc(Cl)cc1)CO. The first-order valence-corrected chi connectivity index (χ1v) is 7.51. The summed E-state index contributed by atoms with van der Waals surface area (Å²) >= 11 is 5.83. The summed E-state index contributed by atoms with van der Waals surface area (Å²) in [5, 5.41) is 10.2. The maximum absolute atomic E-state index is 12.4. The molecule has 1 aliphatic rings. The van der Waals surface area contributed by atoms with Crippen LogP contribution in [0.15, 0.2) is 54.6 Å². The van der Waals surface area contributed by atoms with Gasteiger partial charge in [-0.1, -0.05) is 48.0 Å². The van der Waals surface area contributed by atoms with Gasteiger partial charge >= 0.3 is 0 Å². The first-order chi connectivity index (χ1) is 11.1. The Labute approximate surface area is 138 Å². The normalized spacial score (nSPS) is 15.3. The highest BCUT2D eigenvalue weighted by molar-refractivity contribution is 6.30. The number of benzene rings is 2. The van der Waals surface area contributed by atoms with Crippen molar-refractivity contribution >= 4 is 29.5 Å². The first-order valence-electron chi connectivity index (χ1n) is 7.13. The highest BCUT2D eigenvalue weighted by Gasteiger charge is 2.38. The molecule has 0 radical (unpaired) electrons. The predicted octanol–water partition coefficient (Wildman–Crippen LogP) is 3.01. The zero-order chi connectivity index (χ0) is 16.4. The molecule has 0 fully saturated rings. The molecule has 3 rings (SSSR count). The molecule has 5 heteroatoms. The molecule has 4 nitrogen and oxygen atoms in total. The Hall–Kier alpha value is -2.43. The average Bonchev–Trinajstić information content (AvgIpc) is 2.83. The van der Waals surface area contributed by atoms with Crippen LogP contribution >= 0.6 is 11.6 Å². The van der Waals surface area contributed by atoms with Crippen LogP contribution in [0.3, 0.4) is 0 Å². The number of nitrogens with zero attached hydrogens (tertiary/aromatic N) is 1. The molecule has 0 saturated heterocycles. The lowest BCUT2D eigenvalue weighted by Gasteiger charge is -2.21. The van der Waals surface area contributed by atoms with Crippen LogP contribution in [0.1, 0.15) is 26.3 Å². The van der Waals surface area contributed by atoms with E-state index in [9.17, 15) is 14.7 Å². The smallest absolute Gasteiger partial charge is 0.262 e. The van der Waals surface area contributed by atoms with Crippen LogP contribution in [0.4, 0.5) is 0 Å². The third kappa shape index (κ3) is 2.91. The zero-order valence-electron chi connectivity index (χ0n) is 12.1. The van der Waals surface area contributed by atoms with E-state index in [-0.39, 0.29) is 18.4 Å². The molecule has 2 aromatic rings. The Kier molecular flexibility index (Phi) is 4.28. The summed E-state index contributed by atoms with van der Waals surface area (Å²) in [6.45, 7) is -0.338. The van der Waals surface area contributed by atoms with Crippen LogP contribution in [0.25, 0.3) is 6.08 Å². The van der Waals surface area contributed by atoms with Gasteiger partial charge in [-0.15, -0.1) is 0 Å². The van der Waals surface area contributed by atoms with Gasteiger partial charge in [0.1, 0.15) is 0 Å². The summed E-state index contributed by atoms with van der Waals surface area (Å²) in [5.74, 6) is -0.768. The van der Waals surface area contributed by atoms with Gasteiger partial charge in [-0.2, -0.15) is 0 Å². The van der Waals surface area contributed by atoms with Crippen molar-refractivity contribution in [3.63, 3.8) is 0 Å². The van der Waals surface area contributed by atoms with Crippen LogP contribution in [0, 0.1) is 0 Å². The lowest BCUT2D eigenvalue weighted by molar-refractivity contribution is 0.0565. The Balaban J connectivity index is 1.86. The van der Waals surface area contributed by atoms with Crippen molar-refractivity contribution in [2.45, 2.75) is 6.04 Å². The molecule has 0 bridgehead atoms. The van der Waals surface area contributed by atoms with E-state index in [0.29, 0.717) is 16.1 Å². The number of carbonyl (C=O) groups is 2. The van der Waals surface area contributed by atoms with E-state index in [0.717, 1.165) is 10.5 Å². The molecule has 0 spiro atoms. The van der Waals surface area contributed by atoms with Crippen molar-refractivity contribution in [1.82, 2.24) is 4.90 Å². The van der Waals surface area contributed by atoms with Crippen molar-refractivity contribution in [1.29, 1.82) is 0 Å². The highest BCUT2D eigenvalue weighted by atomic mass is 35.5. The number of hydrogen-bond donors (Lipinski definition) is 1. The topological polar surface area (TPSA) is 57.6 Å². The molecule has 1 aliphatic heterocycles. The van der Waals surface area contributed by atoms with Crippen LogP contribution in [0.5, 0.6) is 0 Å². The second kappa shape index (κ2) is 6.36. The maximum atomic E-state index is 12.4. The van der Waals surface area contributed by atoms with Gasteiger partial charge in [0.2, 0.25) is 0 Å². The third-order valence-corrected chi connectivity index (χ3v) is 3.98. The van der Waals surface area contributed by atoms with Crippen LogP contribution in [-0.2, 0) is 0 Å². The van der Waals surface area contributed by atoms with Gasteiger partial charge in [-0.25, -0.2) is 0 Å². The molecule has 0 aromatic heterocycles. The van der Waals surface area contributed by atoms with E-state index in [1.165, 1.54) is 0 Å². The van der Waals surface area contributed by atoms with Crippen LogP contribution in [-0.4, -0.2) is 34.5 Å². The van der Waals surface area contributed by atoms with E-state index in [1.54, 1.807) is 48.6 Å². The molecule has 0 saturated carbocycles. The Bertz CT molecular complexity index is 748. The monoisotopic (exact) mass is 327 g/mol. The summed E-state index contributed by atoms with van der Waals surface area (Å²) in [4.78, 5) is 25.9. The minimum Gasteiger partial charge on any atom is -0.394 e. The molecule has 2 aromatic carbocycles. The number of fused-ring (bicyclic) bond motifs is 1. The average molecular weight is 328 g/mol. The number of aliphatic hydroxyl groups excluding tert-OH is 1. The van der Waals surface area contributed by atoms with E-state index in [4.69, 9.17) is 11.6 Å². The quantitative estimate of drug-likeness (QED) is 0.878. The van der Waals surface area contributed by atoms with Gasteiger partial charge in [-0.05, 0) is 29.8 Å². The number of hydrogen-bond acceptors (Lipinski definition) is 3. The molecule has 0 unspecified atom stereocenters. The number of carbonyl (C=O) groups excluding carboxylic acids is 2. The second-order valence-electron chi connectivity index (χ2n) is 5.19. The van der Waals surface area contributed by atoms with E-state index < -0.39 is 6.04 Å². The summed E-state index contributed by atoms with van der Waals surface area (Å²) in [7, 11) is 0. The molecule has 1 heterocycles. The summed E-state index contributed by atoms with van der Waals surface area (Å²) in [6, 6.07) is 13.1. The van der Waals surface area contributed by atoms with Crippen molar-refractivity contribution in [3.05, 3.63) is 76.3 Å². The molecular weight excluding hydrogens is 314 g/mol. The molecule has 23 heavy (non-hydrogen) atoms. The summed E-state index contributed by atoms with van der Waals surface area (Å²) < 4.78 is 0. The molecular formula is C18H14ClNO3. The van der Waals surface area contributed by atoms with Gasteiger partial charge < -0.3 is 5.11 Å². The zero-order valence-corrected chi connectivity index (χ0v) is 12.9. The number of rotatable bonds is 4. The Morgan fingerprint density at radius 3 is 2.09 bits per heavy atom. The predicted molar refractivity (Wildman–Crippen MR) is 88.3 cm³/mol. The van der Waals surface area contributed by atoms with E-state index in [2.05, 4.69) is 0 Å². The van der Waals surface area contributed by atoms with Crippen molar-refractivity contribution in [2.75, 3.05) is 6.61 Å². The van der Waals surface area contributed by atoms with Gasteiger partial charge in [-0.3, -0.25) is 14.5 Å². The fourth-order valence-electron chi connectivity index (χ4n) is 2.53. The molecule has 1 atom stereocenters. The van der Waals surface area contributed by atoms with Crippen molar-refractivity contribution in [3.8, 4) is 0 Å². The van der Waals surface area contributed by atoms with E-state index in [1.807, 2.05) is 12.1 Å². The van der Waals surface area contributed by atoms with Crippen LogP contribution < -0.4 is 0 Å². The van der Waals surface area contributed by atoms with Gasteiger partial charge in [0.05, 0.1) is 23.8 Å². The highest BCUT2D eigenvalue weighted by Crippen LogP contribution is 2.25. The van der Waals surface area contributed by atoms with Gasteiger partial charge in [0.15, 0.2) is 0 Å². The lowest BCUT2D eigenvalue weighted by Crippen LogP contribution is -2.40. The van der Waals surface area contributed by atoms with E-state index >= 15 is 0 Å². The largest absolute Gasteiger partial charge is 0.394 e. The number of imide groups is 1. The fraction of sp³-hybridized carbons (Fsp3) is 0.111. The summed E-state index contributed by atoms with van der Waals surface area (Å²) in [6.07, 6.45) is 3.39. The summed E-state index contributed by atoms with van der Waals surface area (Å²) in [5.41, 5.74) is 1.61. The number of halogens is 1. The molecule has 2 amide bonds. The standard InChI is InChI=1S/C18H14ClNO3/c19-13-8-5-12(6-9-13)7-10-14(11-21)20-17(22)15-3-1-2-4-16(15)18(20)23/h1-10,14,21H,11H2/b10-7+/t14-/m1/s1. The third-order valence-electron chi connectivity index (χ3n) is 3.73. The minimum absolute atomic E-state index is 0.338. The maximum Gasteiger partial charge on any atom is 0.262 e. The minimum atomic E-state index is -0.710.